The van der Waals surface area contributed by atoms with Gasteiger partial charge in [0.1, 0.15) is 12.4 Å². The van der Waals surface area contributed by atoms with Crippen molar-refractivity contribution in [1.82, 2.24) is 9.88 Å². The van der Waals surface area contributed by atoms with Crippen LogP contribution in [0.1, 0.15) is 23.7 Å². The highest BCUT2D eigenvalue weighted by atomic mass is 16.5. The molecule has 0 bridgehead atoms. The van der Waals surface area contributed by atoms with Crippen LogP contribution in [-0.4, -0.2) is 29.6 Å². The van der Waals surface area contributed by atoms with Crippen molar-refractivity contribution in [2.75, 3.05) is 19.7 Å². The maximum Gasteiger partial charge on any atom is 0.125 e. The van der Waals surface area contributed by atoms with Gasteiger partial charge in [0.2, 0.25) is 0 Å². The summed E-state index contributed by atoms with van der Waals surface area (Å²) in [7, 11) is 0. The zero-order valence-electron chi connectivity index (χ0n) is 13.2. The number of aryl methyl sites for hydroxylation is 2. The van der Waals surface area contributed by atoms with Gasteiger partial charge in [-0.25, -0.2) is 0 Å². The third-order valence-corrected chi connectivity index (χ3v) is 3.62. The van der Waals surface area contributed by atoms with E-state index in [1.54, 1.807) is 0 Å². The molecule has 0 N–H and O–H groups in total. The van der Waals surface area contributed by atoms with Gasteiger partial charge >= 0.3 is 0 Å². The summed E-state index contributed by atoms with van der Waals surface area (Å²) in [6, 6.07) is 12.3. The molecule has 1 aromatic carbocycles. The highest BCUT2D eigenvalue weighted by Gasteiger charge is 2.07. The molecule has 0 saturated carbocycles. The lowest BCUT2D eigenvalue weighted by atomic mass is 10.1. The van der Waals surface area contributed by atoms with Gasteiger partial charge < -0.3 is 4.74 Å². The summed E-state index contributed by atoms with van der Waals surface area (Å²) in [5.41, 5.74) is 3.50. The molecule has 0 aliphatic carbocycles. The van der Waals surface area contributed by atoms with Crippen LogP contribution in [0.4, 0.5) is 0 Å². The first-order chi connectivity index (χ1) is 10.2. The molecular formula is C18H24N2O. The van der Waals surface area contributed by atoms with Crippen molar-refractivity contribution in [3.63, 3.8) is 0 Å². The standard InChI is InChI=1S/C18H24N2O/c1-4-20(14-17-10-5-6-11-19-17)12-13-21-18-15(2)8-7-9-16(18)3/h5-11H,4,12-14H2,1-3H3. The molecule has 0 saturated heterocycles. The Hall–Kier alpha value is -1.87. The number of ether oxygens (including phenoxy) is 1. The first-order valence-electron chi connectivity index (χ1n) is 7.52. The quantitative estimate of drug-likeness (QED) is 0.777. The average Bonchev–Trinajstić information content (AvgIpc) is 2.50. The van der Waals surface area contributed by atoms with E-state index in [4.69, 9.17) is 4.74 Å². The van der Waals surface area contributed by atoms with E-state index in [0.29, 0.717) is 6.61 Å². The average molecular weight is 284 g/mol. The third kappa shape index (κ3) is 4.57. The molecule has 2 rings (SSSR count). The molecule has 0 fully saturated rings. The van der Waals surface area contributed by atoms with E-state index in [9.17, 15) is 0 Å². The molecule has 0 atom stereocenters. The number of aromatic nitrogens is 1. The topological polar surface area (TPSA) is 25.4 Å². The lowest BCUT2D eigenvalue weighted by molar-refractivity contribution is 0.207. The second-order valence-corrected chi connectivity index (χ2v) is 5.26. The number of benzene rings is 1. The molecule has 2 aromatic rings. The monoisotopic (exact) mass is 284 g/mol. The summed E-state index contributed by atoms with van der Waals surface area (Å²) in [6.07, 6.45) is 1.84. The Morgan fingerprint density at radius 3 is 2.43 bits per heavy atom. The molecule has 3 nitrogen and oxygen atoms in total. The first-order valence-corrected chi connectivity index (χ1v) is 7.52. The summed E-state index contributed by atoms with van der Waals surface area (Å²) < 4.78 is 5.98. The maximum absolute atomic E-state index is 5.98. The van der Waals surface area contributed by atoms with Gasteiger partial charge in [0.05, 0.1) is 5.69 Å². The summed E-state index contributed by atoms with van der Waals surface area (Å²) in [5.74, 6) is 1.02. The minimum absolute atomic E-state index is 0.701. The van der Waals surface area contributed by atoms with Crippen LogP contribution < -0.4 is 4.74 Å². The highest BCUT2D eigenvalue weighted by Crippen LogP contribution is 2.22. The predicted molar refractivity (Wildman–Crippen MR) is 86.6 cm³/mol. The minimum Gasteiger partial charge on any atom is -0.492 e. The lowest BCUT2D eigenvalue weighted by Gasteiger charge is -2.21. The molecule has 0 amide bonds. The summed E-state index contributed by atoms with van der Waals surface area (Å²) >= 11 is 0. The fraction of sp³-hybridized carbons (Fsp3) is 0.389. The number of pyridine rings is 1. The molecule has 1 heterocycles. The van der Waals surface area contributed by atoms with Crippen LogP contribution in [0, 0.1) is 13.8 Å². The van der Waals surface area contributed by atoms with Crippen molar-refractivity contribution in [1.29, 1.82) is 0 Å². The Morgan fingerprint density at radius 1 is 1.05 bits per heavy atom. The minimum atomic E-state index is 0.701. The van der Waals surface area contributed by atoms with Gasteiger partial charge in [-0.2, -0.15) is 0 Å². The third-order valence-electron chi connectivity index (χ3n) is 3.62. The second kappa shape index (κ2) is 7.79. The van der Waals surface area contributed by atoms with Crippen molar-refractivity contribution >= 4 is 0 Å². The molecule has 0 radical (unpaired) electrons. The van der Waals surface area contributed by atoms with Gasteiger partial charge in [-0.15, -0.1) is 0 Å². The number of hydrogen-bond acceptors (Lipinski definition) is 3. The Labute approximate surface area is 127 Å². The normalized spacial score (nSPS) is 10.9. The van der Waals surface area contributed by atoms with E-state index in [1.165, 1.54) is 11.1 Å². The molecule has 21 heavy (non-hydrogen) atoms. The highest BCUT2D eigenvalue weighted by molar-refractivity contribution is 5.39. The van der Waals surface area contributed by atoms with E-state index in [-0.39, 0.29) is 0 Å². The number of rotatable bonds is 7. The number of para-hydroxylation sites is 1. The van der Waals surface area contributed by atoms with Crippen molar-refractivity contribution in [2.24, 2.45) is 0 Å². The second-order valence-electron chi connectivity index (χ2n) is 5.26. The summed E-state index contributed by atoms with van der Waals surface area (Å²) in [5, 5.41) is 0. The van der Waals surface area contributed by atoms with Gasteiger partial charge in [-0.1, -0.05) is 31.2 Å². The van der Waals surface area contributed by atoms with Gasteiger partial charge in [0.15, 0.2) is 0 Å². The predicted octanol–water partition coefficient (Wildman–Crippen LogP) is 3.60. The lowest BCUT2D eigenvalue weighted by Crippen LogP contribution is -2.28. The smallest absolute Gasteiger partial charge is 0.125 e. The molecule has 0 spiro atoms. The number of nitrogens with zero attached hydrogens (tertiary/aromatic N) is 2. The van der Waals surface area contributed by atoms with Gasteiger partial charge in [-0.05, 0) is 43.7 Å². The fourth-order valence-electron chi connectivity index (χ4n) is 2.37. The Kier molecular flexibility index (Phi) is 5.76. The maximum atomic E-state index is 5.98. The molecule has 1 aromatic heterocycles. The molecule has 3 heteroatoms. The number of likely N-dealkylation sites (N-methyl/N-ethyl adjacent to an activating group) is 1. The van der Waals surface area contributed by atoms with Crippen molar-refractivity contribution in [2.45, 2.75) is 27.3 Å². The molecule has 0 unspecified atom stereocenters. The van der Waals surface area contributed by atoms with Crippen LogP contribution in [-0.2, 0) is 6.54 Å². The van der Waals surface area contributed by atoms with Crippen molar-refractivity contribution in [3.8, 4) is 5.75 Å². The fourth-order valence-corrected chi connectivity index (χ4v) is 2.37. The van der Waals surface area contributed by atoms with E-state index in [2.05, 4.69) is 54.9 Å². The van der Waals surface area contributed by atoms with Gasteiger partial charge in [-0.3, -0.25) is 9.88 Å². The molecule has 0 aliphatic rings. The zero-order chi connectivity index (χ0) is 15.1. The first kappa shape index (κ1) is 15.5. The summed E-state index contributed by atoms with van der Waals surface area (Å²) in [4.78, 5) is 6.72. The van der Waals surface area contributed by atoms with E-state index in [1.807, 2.05) is 18.3 Å². The SMILES string of the molecule is CCN(CCOc1c(C)cccc1C)Cc1ccccn1. The van der Waals surface area contributed by atoms with Gasteiger partial charge in [0.25, 0.3) is 0 Å². The Balaban J connectivity index is 1.86. The van der Waals surface area contributed by atoms with Crippen molar-refractivity contribution in [3.05, 3.63) is 59.4 Å². The van der Waals surface area contributed by atoms with Crippen LogP contribution >= 0.6 is 0 Å². The van der Waals surface area contributed by atoms with Crippen LogP contribution in [0.25, 0.3) is 0 Å². The van der Waals surface area contributed by atoms with Crippen LogP contribution in [0.5, 0.6) is 5.75 Å². The summed E-state index contributed by atoms with van der Waals surface area (Å²) in [6.45, 7) is 9.82. The Bertz CT molecular complexity index is 534. The van der Waals surface area contributed by atoms with Gasteiger partial charge in [0, 0.05) is 19.3 Å². The van der Waals surface area contributed by atoms with E-state index in [0.717, 1.165) is 31.1 Å². The van der Waals surface area contributed by atoms with Crippen LogP contribution in [0.3, 0.4) is 0 Å². The van der Waals surface area contributed by atoms with Crippen LogP contribution in [0.15, 0.2) is 42.6 Å². The zero-order valence-corrected chi connectivity index (χ0v) is 13.2. The largest absolute Gasteiger partial charge is 0.492 e. The van der Waals surface area contributed by atoms with Crippen LogP contribution in [0.2, 0.25) is 0 Å². The van der Waals surface area contributed by atoms with E-state index < -0.39 is 0 Å². The number of hydrogen-bond donors (Lipinski definition) is 0. The molecule has 0 aliphatic heterocycles. The molecular weight excluding hydrogens is 260 g/mol. The Morgan fingerprint density at radius 2 is 1.81 bits per heavy atom. The van der Waals surface area contributed by atoms with E-state index >= 15 is 0 Å². The van der Waals surface area contributed by atoms with Crippen molar-refractivity contribution < 1.29 is 4.74 Å². The molecule has 112 valence electrons.